The van der Waals surface area contributed by atoms with Gasteiger partial charge in [0.15, 0.2) is 0 Å². The van der Waals surface area contributed by atoms with Gasteiger partial charge in [0.1, 0.15) is 10.4 Å². The molecule has 0 bridgehead atoms. The van der Waals surface area contributed by atoms with Gasteiger partial charge >= 0.3 is 0 Å². The highest BCUT2D eigenvalue weighted by molar-refractivity contribution is 9.10. The molecule has 0 radical (unpaired) electrons. The second-order valence-corrected chi connectivity index (χ2v) is 4.27. The molecule has 2 rings (SSSR count). The number of aromatic amines is 1. The summed E-state index contributed by atoms with van der Waals surface area (Å²) in [7, 11) is 0. The molecule has 0 aliphatic rings. The highest BCUT2D eigenvalue weighted by atomic mass is 79.9. The molecule has 2 aromatic rings. The Balaban J connectivity index is 2.07. The summed E-state index contributed by atoms with van der Waals surface area (Å²) in [5.74, 6) is 0.811. The quantitative estimate of drug-likeness (QED) is 0.896. The Morgan fingerprint density at radius 3 is 2.67 bits per heavy atom. The van der Waals surface area contributed by atoms with E-state index < -0.39 is 0 Å². The van der Waals surface area contributed by atoms with E-state index in [0.717, 1.165) is 16.8 Å². The Morgan fingerprint density at radius 2 is 2.07 bits per heavy atom. The first-order valence-electron chi connectivity index (χ1n) is 4.75. The molecule has 1 heterocycles. The number of imidazole rings is 1. The molecule has 3 N–H and O–H groups in total. The predicted molar refractivity (Wildman–Crippen MR) is 63.4 cm³/mol. The van der Waals surface area contributed by atoms with Gasteiger partial charge in [-0.15, -0.1) is 0 Å². The lowest BCUT2D eigenvalue weighted by molar-refractivity contribution is 0.677. The molecule has 0 spiro atoms. The summed E-state index contributed by atoms with van der Waals surface area (Å²) in [6, 6.07) is 10.1. The van der Waals surface area contributed by atoms with E-state index in [1.54, 1.807) is 6.20 Å². The number of benzene rings is 1. The van der Waals surface area contributed by atoms with Crippen LogP contribution in [0.1, 0.15) is 17.4 Å². The standard InChI is InChI=1S/C11H12BrN3/c12-10-7-14-11(15-10)9(13)6-8-4-2-1-3-5-8/h1-5,7,9H,6,13H2,(H,14,15)/t9-/m0/s1. The van der Waals surface area contributed by atoms with Gasteiger partial charge in [-0.3, -0.25) is 0 Å². The molecule has 0 aliphatic carbocycles. The molecule has 0 unspecified atom stereocenters. The van der Waals surface area contributed by atoms with Crippen molar-refractivity contribution in [2.24, 2.45) is 5.73 Å². The van der Waals surface area contributed by atoms with Crippen molar-refractivity contribution in [3.63, 3.8) is 0 Å². The lowest BCUT2D eigenvalue weighted by atomic mass is 10.1. The maximum Gasteiger partial charge on any atom is 0.124 e. The zero-order valence-electron chi connectivity index (χ0n) is 8.15. The number of hydrogen-bond donors (Lipinski definition) is 2. The van der Waals surface area contributed by atoms with Crippen molar-refractivity contribution in [2.45, 2.75) is 12.5 Å². The van der Waals surface area contributed by atoms with E-state index in [0.29, 0.717) is 0 Å². The van der Waals surface area contributed by atoms with Crippen molar-refractivity contribution >= 4 is 15.9 Å². The highest BCUT2D eigenvalue weighted by Crippen LogP contribution is 2.15. The third-order valence-corrected chi connectivity index (χ3v) is 2.62. The van der Waals surface area contributed by atoms with E-state index in [1.807, 2.05) is 18.2 Å². The van der Waals surface area contributed by atoms with E-state index in [9.17, 15) is 0 Å². The molecule has 3 nitrogen and oxygen atoms in total. The van der Waals surface area contributed by atoms with E-state index in [1.165, 1.54) is 5.56 Å². The third-order valence-electron chi connectivity index (χ3n) is 2.21. The molecule has 1 atom stereocenters. The summed E-state index contributed by atoms with van der Waals surface area (Å²) in [5.41, 5.74) is 7.25. The van der Waals surface area contributed by atoms with Crippen molar-refractivity contribution in [3.05, 3.63) is 52.5 Å². The average molecular weight is 266 g/mol. The van der Waals surface area contributed by atoms with Crippen molar-refractivity contribution in [1.29, 1.82) is 0 Å². The van der Waals surface area contributed by atoms with Crippen molar-refractivity contribution in [2.75, 3.05) is 0 Å². The van der Waals surface area contributed by atoms with E-state index in [4.69, 9.17) is 5.73 Å². The normalized spacial score (nSPS) is 12.7. The predicted octanol–water partition coefficient (Wildman–Crippen LogP) is 2.41. The molecule has 0 saturated heterocycles. The second kappa shape index (κ2) is 4.59. The number of rotatable bonds is 3. The van der Waals surface area contributed by atoms with Gasteiger partial charge < -0.3 is 10.7 Å². The second-order valence-electron chi connectivity index (χ2n) is 3.41. The maximum absolute atomic E-state index is 6.03. The van der Waals surface area contributed by atoms with Gasteiger partial charge in [0.25, 0.3) is 0 Å². The number of hydrogen-bond acceptors (Lipinski definition) is 2. The Kier molecular flexibility index (Phi) is 3.18. The minimum atomic E-state index is -0.0845. The first kappa shape index (κ1) is 10.4. The zero-order valence-corrected chi connectivity index (χ0v) is 9.74. The molecule has 78 valence electrons. The molecule has 15 heavy (non-hydrogen) atoms. The van der Waals surface area contributed by atoms with Gasteiger partial charge in [-0.2, -0.15) is 0 Å². The molecular formula is C11H12BrN3. The third kappa shape index (κ3) is 2.67. The van der Waals surface area contributed by atoms with Gasteiger partial charge in [-0.25, -0.2) is 4.98 Å². The van der Waals surface area contributed by atoms with Crippen molar-refractivity contribution in [3.8, 4) is 0 Å². The van der Waals surface area contributed by atoms with Crippen LogP contribution in [-0.2, 0) is 6.42 Å². The Hall–Kier alpha value is -1.13. The van der Waals surface area contributed by atoms with Crippen LogP contribution in [0.15, 0.2) is 41.1 Å². The Morgan fingerprint density at radius 1 is 1.33 bits per heavy atom. The molecular weight excluding hydrogens is 254 g/mol. The van der Waals surface area contributed by atoms with Crippen LogP contribution in [0.5, 0.6) is 0 Å². The first-order chi connectivity index (χ1) is 7.25. The van der Waals surface area contributed by atoms with Crippen molar-refractivity contribution < 1.29 is 0 Å². The minimum Gasteiger partial charge on any atom is -0.335 e. The minimum absolute atomic E-state index is 0.0845. The summed E-state index contributed by atoms with van der Waals surface area (Å²) in [4.78, 5) is 7.26. The number of nitrogens with zero attached hydrogens (tertiary/aromatic N) is 1. The summed E-state index contributed by atoms with van der Waals surface area (Å²) in [6.07, 6.45) is 2.51. The van der Waals surface area contributed by atoms with E-state index in [-0.39, 0.29) is 6.04 Å². The number of H-pyrrole nitrogens is 1. The summed E-state index contributed by atoms with van der Waals surface area (Å²) >= 11 is 3.31. The molecule has 1 aromatic heterocycles. The molecule has 0 saturated carbocycles. The summed E-state index contributed by atoms with van der Waals surface area (Å²) in [6.45, 7) is 0. The number of halogens is 1. The molecule has 4 heteroatoms. The first-order valence-corrected chi connectivity index (χ1v) is 5.55. The molecule has 0 fully saturated rings. The van der Waals surface area contributed by atoms with E-state index in [2.05, 4.69) is 38.0 Å². The summed E-state index contributed by atoms with van der Waals surface area (Å²) < 4.78 is 0.862. The fourth-order valence-corrected chi connectivity index (χ4v) is 1.77. The topological polar surface area (TPSA) is 54.7 Å². The Labute approximate surface area is 96.9 Å². The SMILES string of the molecule is N[C@@H](Cc1ccccc1)c1ncc(Br)[nH]1. The van der Waals surface area contributed by atoms with Crippen LogP contribution in [0.4, 0.5) is 0 Å². The van der Waals surface area contributed by atoms with Crippen LogP contribution in [0, 0.1) is 0 Å². The molecule has 0 aliphatic heterocycles. The lowest BCUT2D eigenvalue weighted by Crippen LogP contribution is -2.14. The van der Waals surface area contributed by atoms with Gasteiger partial charge in [-0.05, 0) is 27.9 Å². The van der Waals surface area contributed by atoms with E-state index >= 15 is 0 Å². The van der Waals surface area contributed by atoms with Gasteiger partial charge in [0.2, 0.25) is 0 Å². The van der Waals surface area contributed by atoms with Crippen LogP contribution in [0.25, 0.3) is 0 Å². The number of nitrogens with two attached hydrogens (primary N) is 1. The monoisotopic (exact) mass is 265 g/mol. The largest absolute Gasteiger partial charge is 0.335 e. The van der Waals surface area contributed by atoms with Crippen LogP contribution >= 0.6 is 15.9 Å². The Bertz CT molecular complexity index is 424. The van der Waals surface area contributed by atoms with Crippen LogP contribution in [0.3, 0.4) is 0 Å². The fraction of sp³-hybridized carbons (Fsp3) is 0.182. The lowest BCUT2D eigenvalue weighted by Gasteiger charge is -2.08. The number of nitrogens with one attached hydrogen (secondary N) is 1. The summed E-state index contributed by atoms with van der Waals surface area (Å²) in [5, 5.41) is 0. The number of aromatic nitrogens is 2. The van der Waals surface area contributed by atoms with Crippen LogP contribution in [0.2, 0.25) is 0 Å². The van der Waals surface area contributed by atoms with Gasteiger partial charge in [0, 0.05) is 0 Å². The van der Waals surface area contributed by atoms with Crippen molar-refractivity contribution in [1.82, 2.24) is 9.97 Å². The van der Waals surface area contributed by atoms with Crippen LogP contribution < -0.4 is 5.73 Å². The van der Waals surface area contributed by atoms with Gasteiger partial charge in [0.05, 0.1) is 12.2 Å². The fourth-order valence-electron chi connectivity index (χ4n) is 1.47. The highest BCUT2D eigenvalue weighted by Gasteiger charge is 2.09. The average Bonchev–Trinajstić information content (AvgIpc) is 2.66. The van der Waals surface area contributed by atoms with Crippen LogP contribution in [-0.4, -0.2) is 9.97 Å². The smallest absolute Gasteiger partial charge is 0.124 e. The molecule has 1 aromatic carbocycles. The maximum atomic E-state index is 6.03. The molecule has 0 amide bonds. The zero-order chi connectivity index (χ0) is 10.7. The van der Waals surface area contributed by atoms with Gasteiger partial charge in [-0.1, -0.05) is 30.3 Å².